The first kappa shape index (κ1) is 28.8. The number of carbonyl (C=O) groups is 6. The lowest BCUT2D eigenvalue weighted by molar-refractivity contribution is -0.147. The lowest BCUT2D eigenvalue weighted by Crippen LogP contribution is -2.58. The van der Waals surface area contributed by atoms with Crippen LogP contribution in [-0.2, 0) is 35.2 Å². The van der Waals surface area contributed by atoms with Crippen molar-refractivity contribution in [3.8, 4) is 5.75 Å². The second-order valence-corrected chi connectivity index (χ2v) is 7.45. The largest absolute Gasteiger partial charge is 0.508 e. The molecule has 0 fully saturated rings. The predicted molar refractivity (Wildman–Crippen MR) is 116 cm³/mol. The molecule has 0 spiro atoms. The molecule has 35 heavy (non-hydrogen) atoms. The van der Waals surface area contributed by atoms with Crippen LogP contribution in [0.15, 0.2) is 24.3 Å². The van der Waals surface area contributed by atoms with E-state index < -0.39 is 79.2 Å². The van der Waals surface area contributed by atoms with Crippen LogP contribution < -0.4 is 27.4 Å². The quantitative estimate of drug-likeness (QED) is 0.120. The van der Waals surface area contributed by atoms with E-state index in [1.165, 1.54) is 24.3 Å². The van der Waals surface area contributed by atoms with Crippen molar-refractivity contribution in [1.82, 2.24) is 16.0 Å². The van der Waals surface area contributed by atoms with Crippen molar-refractivity contribution >= 4 is 35.6 Å². The highest BCUT2D eigenvalue weighted by Gasteiger charge is 2.31. The molecule has 0 aliphatic rings. The standard InChI is InChI=1S/C20H27N5O10/c21-11(6-15(22)28)17(31)25-14(8-26)19(33)23-12(5-9-1-3-10(27)4-2-9)18(32)24-13(20(34)35)7-16(29)30/h1-4,11-14,26-27H,5-8,21H2,(H2,22,28)(H,23,33)(H,24,32)(H,25,31)(H,29,30)(H,34,35). The van der Waals surface area contributed by atoms with Crippen molar-refractivity contribution in [2.45, 2.75) is 43.4 Å². The van der Waals surface area contributed by atoms with Gasteiger partial charge in [-0.15, -0.1) is 0 Å². The molecule has 1 aromatic rings. The Labute approximate surface area is 198 Å². The maximum Gasteiger partial charge on any atom is 0.326 e. The molecule has 4 unspecified atom stereocenters. The number of aliphatic hydroxyl groups is 1. The fourth-order valence-corrected chi connectivity index (χ4v) is 2.78. The van der Waals surface area contributed by atoms with E-state index >= 15 is 0 Å². The minimum absolute atomic E-state index is 0.0819. The highest BCUT2D eigenvalue weighted by Crippen LogP contribution is 2.12. The summed E-state index contributed by atoms with van der Waals surface area (Å²) in [5, 5.41) is 43.4. The van der Waals surface area contributed by atoms with Gasteiger partial charge >= 0.3 is 11.9 Å². The third-order valence-electron chi connectivity index (χ3n) is 4.58. The van der Waals surface area contributed by atoms with Crippen LogP contribution in [0.25, 0.3) is 0 Å². The van der Waals surface area contributed by atoms with E-state index in [9.17, 15) is 44.1 Å². The van der Waals surface area contributed by atoms with Crippen molar-refractivity contribution in [1.29, 1.82) is 0 Å². The number of aliphatic hydroxyl groups excluding tert-OH is 1. The van der Waals surface area contributed by atoms with Gasteiger partial charge < -0.3 is 47.8 Å². The van der Waals surface area contributed by atoms with Gasteiger partial charge in [-0.2, -0.15) is 0 Å². The number of hydrogen-bond donors (Lipinski definition) is 9. The second-order valence-electron chi connectivity index (χ2n) is 7.45. The van der Waals surface area contributed by atoms with Crippen molar-refractivity contribution in [2.75, 3.05) is 6.61 Å². The molecule has 11 N–H and O–H groups in total. The predicted octanol–water partition coefficient (Wildman–Crippen LogP) is -3.86. The molecule has 0 heterocycles. The molecule has 0 saturated carbocycles. The Bertz CT molecular complexity index is 952. The van der Waals surface area contributed by atoms with Gasteiger partial charge in [0.05, 0.1) is 25.5 Å². The van der Waals surface area contributed by atoms with Crippen LogP contribution in [0.4, 0.5) is 0 Å². The van der Waals surface area contributed by atoms with E-state index in [0.717, 1.165) is 0 Å². The number of amides is 4. The van der Waals surface area contributed by atoms with Crippen molar-refractivity contribution < 1.29 is 49.2 Å². The number of nitrogens with two attached hydrogens (primary N) is 2. The number of aromatic hydroxyl groups is 1. The summed E-state index contributed by atoms with van der Waals surface area (Å²) in [6.45, 7) is -0.925. The SMILES string of the molecule is NC(=O)CC(N)C(=O)NC(CO)C(=O)NC(Cc1ccc(O)cc1)C(=O)NC(CC(=O)O)C(=O)O. The maximum absolute atomic E-state index is 12.8. The number of phenolic OH excluding ortho intramolecular Hbond substituents is 1. The second kappa shape index (κ2) is 13.5. The number of nitrogens with one attached hydrogen (secondary N) is 3. The normalized spacial score (nSPS) is 14.0. The summed E-state index contributed by atoms with van der Waals surface area (Å²) in [6, 6.07) is -0.860. The molecule has 0 aliphatic carbocycles. The van der Waals surface area contributed by atoms with Gasteiger partial charge in [0, 0.05) is 6.42 Å². The molecule has 0 aliphatic heterocycles. The molecule has 0 saturated heterocycles. The monoisotopic (exact) mass is 497 g/mol. The highest BCUT2D eigenvalue weighted by molar-refractivity contribution is 5.95. The first-order valence-corrected chi connectivity index (χ1v) is 10.1. The van der Waals surface area contributed by atoms with E-state index in [1.807, 2.05) is 5.32 Å². The number of phenols is 1. The van der Waals surface area contributed by atoms with Crippen LogP contribution >= 0.6 is 0 Å². The number of carboxylic acids is 2. The minimum Gasteiger partial charge on any atom is -0.508 e. The van der Waals surface area contributed by atoms with E-state index in [4.69, 9.17) is 16.6 Å². The summed E-state index contributed by atoms with van der Waals surface area (Å²) in [4.78, 5) is 70.6. The number of primary amides is 1. The Morgan fingerprint density at radius 1 is 0.800 bits per heavy atom. The Morgan fingerprint density at radius 2 is 1.31 bits per heavy atom. The van der Waals surface area contributed by atoms with Gasteiger partial charge in [0.15, 0.2) is 0 Å². The lowest BCUT2D eigenvalue weighted by atomic mass is 10.0. The third kappa shape index (κ3) is 10.1. The summed E-state index contributed by atoms with van der Waals surface area (Å²) in [5.74, 6) is -7.18. The Balaban J connectivity index is 3.06. The Hall–Kier alpha value is -4.24. The zero-order valence-corrected chi connectivity index (χ0v) is 18.3. The average molecular weight is 497 g/mol. The number of carbonyl (C=O) groups excluding carboxylic acids is 4. The smallest absolute Gasteiger partial charge is 0.326 e. The summed E-state index contributed by atoms with van der Waals surface area (Å²) in [7, 11) is 0. The summed E-state index contributed by atoms with van der Waals surface area (Å²) >= 11 is 0. The van der Waals surface area contributed by atoms with Gasteiger partial charge in [-0.1, -0.05) is 12.1 Å². The molecular weight excluding hydrogens is 470 g/mol. The maximum atomic E-state index is 12.8. The van der Waals surface area contributed by atoms with E-state index in [-0.39, 0.29) is 12.2 Å². The minimum atomic E-state index is -1.81. The molecule has 0 bridgehead atoms. The molecule has 0 aromatic heterocycles. The van der Waals surface area contributed by atoms with E-state index in [1.54, 1.807) is 0 Å². The van der Waals surface area contributed by atoms with Crippen LogP contribution in [-0.4, -0.2) is 86.8 Å². The van der Waals surface area contributed by atoms with Crippen LogP contribution in [0.3, 0.4) is 0 Å². The number of rotatable bonds is 14. The van der Waals surface area contributed by atoms with Crippen LogP contribution in [0, 0.1) is 0 Å². The number of carboxylic acid groups (broad SMARTS) is 2. The molecule has 1 rings (SSSR count). The molecule has 192 valence electrons. The highest BCUT2D eigenvalue weighted by atomic mass is 16.4. The molecule has 4 amide bonds. The Morgan fingerprint density at radius 3 is 1.80 bits per heavy atom. The summed E-state index contributed by atoms with van der Waals surface area (Å²) in [5.41, 5.74) is 10.9. The number of benzene rings is 1. The van der Waals surface area contributed by atoms with Crippen molar-refractivity contribution in [3.05, 3.63) is 29.8 Å². The van der Waals surface area contributed by atoms with Gasteiger partial charge in [-0.25, -0.2) is 4.79 Å². The van der Waals surface area contributed by atoms with Gasteiger partial charge in [-0.05, 0) is 17.7 Å². The van der Waals surface area contributed by atoms with E-state index in [0.29, 0.717) is 5.56 Å². The average Bonchev–Trinajstić information content (AvgIpc) is 2.76. The van der Waals surface area contributed by atoms with Gasteiger partial charge in [-0.3, -0.25) is 24.0 Å². The van der Waals surface area contributed by atoms with E-state index in [2.05, 4.69) is 10.6 Å². The van der Waals surface area contributed by atoms with Crippen molar-refractivity contribution in [3.63, 3.8) is 0 Å². The molecule has 0 radical (unpaired) electrons. The zero-order valence-electron chi connectivity index (χ0n) is 18.3. The molecule has 1 aromatic carbocycles. The van der Waals surface area contributed by atoms with Gasteiger partial charge in [0.2, 0.25) is 23.6 Å². The van der Waals surface area contributed by atoms with Crippen LogP contribution in [0.5, 0.6) is 5.75 Å². The fraction of sp³-hybridized carbons (Fsp3) is 0.400. The lowest BCUT2D eigenvalue weighted by Gasteiger charge is -2.24. The van der Waals surface area contributed by atoms with Crippen LogP contribution in [0.2, 0.25) is 0 Å². The molecule has 15 nitrogen and oxygen atoms in total. The summed E-state index contributed by atoms with van der Waals surface area (Å²) < 4.78 is 0. The van der Waals surface area contributed by atoms with Gasteiger partial charge in [0.1, 0.15) is 23.9 Å². The molecule has 15 heteroatoms. The molecule has 4 atom stereocenters. The van der Waals surface area contributed by atoms with Gasteiger partial charge in [0.25, 0.3) is 0 Å². The van der Waals surface area contributed by atoms with Crippen LogP contribution in [0.1, 0.15) is 18.4 Å². The first-order valence-electron chi connectivity index (χ1n) is 10.1. The Kier molecular flexibility index (Phi) is 11.1. The van der Waals surface area contributed by atoms with Crippen molar-refractivity contribution in [2.24, 2.45) is 11.5 Å². The first-order chi connectivity index (χ1) is 16.3. The molecular formula is C20H27N5O10. The summed E-state index contributed by atoms with van der Waals surface area (Å²) in [6.07, 6.45) is -1.70. The number of hydrogen-bond acceptors (Lipinski definition) is 9. The topological polar surface area (TPSA) is 271 Å². The zero-order chi connectivity index (χ0) is 26.7. The third-order valence-corrected chi connectivity index (χ3v) is 4.58. The number of aliphatic carboxylic acids is 2. The fourth-order valence-electron chi connectivity index (χ4n) is 2.78.